The third kappa shape index (κ3) is 2.59. The SMILES string of the molecule is Cc1cccc(C=O)c1OCCc1ccnn1C. The highest BCUT2D eigenvalue weighted by Crippen LogP contribution is 2.21. The molecule has 0 saturated heterocycles. The molecule has 4 nitrogen and oxygen atoms in total. The summed E-state index contributed by atoms with van der Waals surface area (Å²) in [6, 6.07) is 7.51. The van der Waals surface area contributed by atoms with Crippen LogP contribution in [0.4, 0.5) is 0 Å². The van der Waals surface area contributed by atoms with Gasteiger partial charge in [0.1, 0.15) is 5.75 Å². The fourth-order valence-electron chi connectivity index (χ4n) is 1.87. The zero-order chi connectivity index (χ0) is 13.0. The summed E-state index contributed by atoms with van der Waals surface area (Å²) in [5, 5.41) is 4.10. The lowest BCUT2D eigenvalue weighted by Gasteiger charge is -2.11. The number of aldehydes is 1. The third-order valence-electron chi connectivity index (χ3n) is 2.90. The monoisotopic (exact) mass is 244 g/mol. The maximum absolute atomic E-state index is 10.9. The molecule has 0 bridgehead atoms. The van der Waals surface area contributed by atoms with Crippen LogP contribution in [0.15, 0.2) is 30.5 Å². The van der Waals surface area contributed by atoms with E-state index in [1.54, 1.807) is 12.3 Å². The molecule has 0 aliphatic rings. The van der Waals surface area contributed by atoms with E-state index in [2.05, 4.69) is 5.10 Å². The first-order valence-electron chi connectivity index (χ1n) is 5.87. The lowest BCUT2D eigenvalue weighted by Crippen LogP contribution is -2.07. The standard InChI is InChI=1S/C14H16N2O2/c1-11-4-3-5-12(10-17)14(11)18-9-7-13-6-8-15-16(13)2/h3-6,8,10H,7,9H2,1-2H3. The molecule has 1 aromatic carbocycles. The second kappa shape index (κ2) is 5.49. The van der Waals surface area contributed by atoms with Crippen molar-refractivity contribution in [3.05, 3.63) is 47.3 Å². The van der Waals surface area contributed by atoms with E-state index >= 15 is 0 Å². The minimum atomic E-state index is 0.533. The van der Waals surface area contributed by atoms with Gasteiger partial charge in [-0.15, -0.1) is 0 Å². The van der Waals surface area contributed by atoms with E-state index in [1.807, 2.05) is 36.9 Å². The summed E-state index contributed by atoms with van der Waals surface area (Å²) in [7, 11) is 1.90. The Kier molecular flexibility index (Phi) is 3.77. The quantitative estimate of drug-likeness (QED) is 0.757. The molecule has 0 atom stereocenters. The normalized spacial score (nSPS) is 10.3. The van der Waals surface area contributed by atoms with Crippen LogP contribution in [0.2, 0.25) is 0 Å². The molecular weight excluding hydrogens is 228 g/mol. The number of aryl methyl sites for hydroxylation is 2. The second-order valence-electron chi connectivity index (χ2n) is 4.16. The molecule has 18 heavy (non-hydrogen) atoms. The average Bonchev–Trinajstić information content (AvgIpc) is 2.77. The first-order chi connectivity index (χ1) is 8.72. The molecular formula is C14H16N2O2. The molecule has 4 heteroatoms. The largest absolute Gasteiger partial charge is 0.492 e. The van der Waals surface area contributed by atoms with Gasteiger partial charge in [0.05, 0.1) is 12.2 Å². The number of rotatable bonds is 5. The number of para-hydroxylation sites is 1. The van der Waals surface area contributed by atoms with Crippen LogP contribution >= 0.6 is 0 Å². The van der Waals surface area contributed by atoms with Crippen molar-refractivity contribution in [1.82, 2.24) is 9.78 Å². The van der Waals surface area contributed by atoms with Crippen LogP contribution in [-0.2, 0) is 13.5 Å². The molecule has 0 spiro atoms. The predicted octanol–water partition coefficient (Wildman–Crippen LogP) is 2.16. The van der Waals surface area contributed by atoms with Crippen molar-refractivity contribution in [2.45, 2.75) is 13.3 Å². The smallest absolute Gasteiger partial charge is 0.153 e. The summed E-state index contributed by atoms with van der Waals surface area (Å²) >= 11 is 0. The highest BCUT2D eigenvalue weighted by molar-refractivity contribution is 5.80. The van der Waals surface area contributed by atoms with Gasteiger partial charge in [0.15, 0.2) is 6.29 Å². The summed E-state index contributed by atoms with van der Waals surface area (Å²) in [4.78, 5) is 10.9. The topological polar surface area (TPSA) is 44.1 Å². The molecule has 0 aliphatic carbocycles. The Bertz CT molecular complexity index is 546. The Hall–Kier alpha value is -2.10. The molecule has 0 saturated carbocycles. The van der Waals surface area contributed by atoms with Crippen LogP contribution in [-0.4, -0.2) is 22.7 Å². The van der Waals surface area contributed by atoms with Gasteiger partial charge in [0, 0.05) is 25.4 Å². The van der Waals surface area contributed by atoms with Crippen molar-refractivity contribution in [3.63, 3.8) is 0 Å². The van der Waals surface area contributed by atoms with Crippen LogP contribution in [0.5, 0.6) is 5.75 Å². The highest BCUT2D eigenvalue weighted by Gasteiger charge is 2.06. The summed E-state index contributed by atoms with van der Waals surface area (Å²) < 4.78 is 7.54. The van der Waals surface area contributed by atoms with E-state index in [-0.39, 0.29) is 0 Å². The minimum absolute atomic E-state index is 0.533. The molecule has 94 valence electrons. The van der Waals surface area contributed by atoms with Crippen LogP contribution in [0, 0.1) is 6.92 Å². The van der Waals surface area contributed by atoms with Crippen molar-refractivity contribution in [2.24, 2.45) is 7.05 Å². The van der Waals surface area contributed by atoms with Crippen molar-refractivity contribution in [2.75, 3.05) is 6.61 Å². The number of benzene rings is 1. The van der Waals surface area contributed by atoms with Crippen molar-refractivity contribution in [3.8, 4) is 5.75 Å². The van der Waals surface area contributed by atoms with E-state index in [1.165, 1.54) is 0 Å². The molecule has 0 amide bonds. The lowest BCUT2D eigenvalue weighted by atomic mass is 10.1. The fraction of sp³-hybridized carbons (Fsp3) is 0.286. The Morgan fingerprint density at radius 1 is 1.39 bits per heavy atom. The molecule has 0 radical (unpaired) electrons. The molecule has 0 aliphatic heterocycles. The van der Waals surface area contributed by atoms with E-state index < -0.39 is 0 Å². The van der Waals surface area contributed by atoms with Gasteiger partial charge >= 0.3 is 0 Å². The number of carbonyl (C=O) groups is 1. The number of nitrogens with zero attached hydrogens (tertiary/aromatic N) is 2. The molecule has 0 fully saturated rings. The van der Waals surface area contributed by atoms with Gasteiger partial charge in [-0.1, -0.05) is 12.1 Å². The van der Waals surface area contributed by atoms with Crippen LogP contribution in [0.25, 0.3) is 0 Å². The van der Waals surface area contributed by atoms with Gasteiger partial charge in [0.2, 0.25) is 0 Å². The zero-order valence-corrected chi connectivity index (χ0v) is 10.6. The molecule has 1 aromatic heterocycles. The van der Waals surface area contributed by atoms with Crippen LogP contribution < -0.4 is 4.74 Å². The van der Waals surface area contributed by atoms with Crippen molar-refractivity contribution >= 4 is 6.29 Å². The zero-order valence-electron chi connectivity index (χ0n) is 10.6. The van der Waals surface area contributed by atoms with Gasteiger partial charge < -0.3 is 4.74 Å². The van der Waals surface area contributed by atoms with Crippen molar-refractivity contribution < 1.29 is 9.53 Å². The number of hydrogen-bond acceptors (Lipinski definition) is 3. The summed E-state index contributed by atoms with van der Waals surface area (Å²) in [5.41, 5.74) is 2.68. The first-order valence-corrected chi connectivity index (χ1v) is 5.87. The third-order valence-corrected chi connectivity index (χ3v) is 2.90. The molecule has 0 unspecified atom stereocenters. The van der Waals surface area contributed by atoms with Gasteiger partial charge in [-0.3, -0.25) is 9.48 Å². The Morgan fingerprint density at radius 2 is 2.22 bits per heavy atom. The number of aromatic nitrogens is 2. The fourth-order valence-corrected chi connectivity index (χ4v) is 1.87. The van der Waals surface area contributed by atoms with Gasteiger partial charge in [-0.2, -0.15) is 5.10 Å². The van der Waals surface area contributed by atoms with E-state index in [4.69, 9.17) is 4.74 Å². The van der Waals surface area contributed by atoms with Gasteiger partial charge in [0.25, 0.3) is 0 Å². The summed E-state index contributed by atoms with van der Waals surface area (Å²) in [5.74, 6) is 0.676. The number of carbonyl (C=O) groups excluding carboxylic acids is 1. The molecule has 2 aromatic rings. The van der Waals surface area contributed by atoms with Crippen LogP contribution in [0.3, 0.4) is 0 Å². The Morgan fingerprint density at radius 3 is 2.89 bits per heavy atom. The van der Waals surface area contributed by atoms with Gasteiger partial charge in [-0.05, 0) is 24.6 Å². The van der Waals surface area contributed by atoms with Gasteiger partial charge in [-0.25, -0.2) is 0 Å². The lowest BCUT2D eigenvalue weighted by molar-refractivity contribution is 0.111. The summed E-state index contributed by atoms with van der Waals surface area (Å²) in [6.45, 7) is 2.47. The maximum atomic E-state index is 10.9. The average molecular weight is 244 g/mol. The Labute approximate surface area is 106 Å². The van der Waals surface area contributed by atoms with E-state index in [0.717, 1.165) is 24.0 Å². The summed E-state index contributed by atoms with van der Waals surface area (Å²) in [6.07, 6.45) is 3.36. The second-order valence-corrected chi connectivity index (χ2v) is 4.16. The number of ether oxygens (including phenoxy) is 1. The highest BCUT2D eigenvalue weighted by atomic mass is 16.5. The van der Waals surface area contributed by atoms with E-state index in [9.17, 15) is 4.79 Å². The van der Waals surface area contributed by atoms with E-state index in [0.29, 0.717) is 17.9 Å². The molecule has 1 heterocycles. The number of hydrogen-bond donors (Lipinski definition) is 0. The maximum Gasteiger partial charge on any atom is 0.153 e. The molecule has 2 rings (SSSR count). The Balaban J connectivity index is 2.02. The molecule has 0 N–H and O–H groups in total. The minimum Gasteiger partial charge on any atom is -0.492 e. The van der Waals surface area contributed by atoms with Crippen LogP contribution in [0.1, 0.15) is 21.6 Å². The first kappa shape index (κ1) is 12.4. The van der Waals surface area contributed by atoms with Crippen molar-refractivity contribution in [1.29, 1.82) is 0 Å². The predicted molar refractivity (Wildman–Crippen MR) is 69.0 cm³/mol.